The van der Waals surface area contributed by atoms with Gasteiger partial charge in [-0.2, -0.15) is 0 Å². The second-order valence-electron chi connectivity index (χ2n) is 9.70. The highest BCUT2D eigenvalue weighted by Gasteiger charge is 2.21. The Morgan fingerprint density at radius 1 is 1.08 bits per heavy atom. The predicted octanol–water partition coefficient (Wildman–Crippen LogP) is 4.07. The van der Waals surface area contributed by atoms with E-state index in [2.05, 4.69) is 15.5 Å². The minimum Gasteiger partial charge on any atom is -0.496 e. The van der Waals surface area contributed by atoms with E-state index in [9.17, 15) is 9.59 Å². The van der Waals surface area contributed by atoms with Crippen molar-refractivity contribution in [1.82, 2.24) is 20.1 Å². The number of nitrogens with two attached hydrogens (primary N) is 1. The Kier molecular flexibility index (Phi) is 8.95. The van der Waals surface area contributed by atoms with Crippen molar-refractivity contribution in [3.63, 3.8) is 0 Å². The molecule has 8 nitrogen and oxygen atoms in total. The summed E-state index contributed by atoms with van der Waals surface area (Å²) in [6.07, 6.45) is 5.96. The molecule has 3 aromatic rings. The van der Waals surface area contributed by atoms with Gasteiger partial charge in [-0.3, -0.25) is 9.59 Å². The van der Waals surface area contributed by atoms with E-state index in [1.807, 2.05) is 42.1 Å². The maximum atomic E-state index is 12.7. The van der Waals surface area contributed by atoms with Crippen LogP contribution in [0.1, 0.15) is 46.4 Å². The number of fused-ring (bicyclic) bond motifs is 1. The number of amides is 2. The van der Waals surface area contributed by atoms with Gasteiger partial charge in [0.05, 0.1) is 28.9 Å². The van der Waals surface area contributed by atoms with Crippen LogP contribution in [-0.4, -0.2) is 61.1 Å². The van der Waals surface area contributed by atoms with Gasteiger partial charge >= 0.3 is 0 Å². The third-order valence-electron chi connectivity index (χ3n) is 7.15. The fourth-order valence-corrected chi connectivity index (χ4v) is 5.11. The van der Waals surface area contributed by atoms with Crippen LogP contribution in [0.2, 0.25) is 5.02 Å². The lowest BCUT2D eigenvalue weighted by atomic mass is 9.96. The highest BCUT2D eigenvalue weighted by Crippen LogP contribution is 2.29. The van der Waals surface area contributed by atoms with Crippen molar-refractivity contribution < 1.29 is 14.3 Å². The standard InChI is InChI=1S/C28H36ClN5O3/c1-33-18-22(20-7-3-4-8-25(20)33)28(36)31-11-5-6-12-34-13-9-19(10-14-34)17-32-27(35)21-15-23(29)24(30)16-26(21)37-2/h3-4,7-8,15-16,18-19H,5-6,9-14,17,30H2,1-2H3,(H,31,36)(H,32,35). The first kappa shape index (κ1) is 26.8. The number of likely N-dealkylation sites (tertiary alicyclic amines) is 1. The van der Waals surface area contributed by atoms with Crippen LogP contribution in [0.15, 0.2) is 42.6 Å². The number of carbonyl (C=O) groups is 2. The first-order valence-corrected chi connectivity index (χ1v) is 13.2. The quantitative estimate of drug-likeness (QED) is 0.273. The number of hydrogen-bond acceptors (Lipinski definition) is 5. The lowest BCUT2D eigenvalue weighted by molar-refractivity contribution is 0.0932. The first-order valence-electron chi connectivity index (χ1n) is 12.8. The minimum atomic E-state index is -0.202. The van der Waals surface area contributed by atoms with Gasteiger partial charge in [0.25, 0.3) is 11.8 Å². The van der Waals surface area contributed by atoms with Gasteiger partial charge in [-0.15, -0.1) is 0 Å². The number of nitrogen functional groups attached to an aromatic ring is 1. The molecule has 0 bridgehead atoms. The smallest absolute Gasteiger partial charge is 0.255 e. The monoisotopic (exact) mass is 525 g/mol. The van der Waals surface area contributed by atoms with Gasteiger partial charge in [-0.1, -0.05) is 29.8 Å². The summed E-state index contributed by atoms with van der Waals surface area (Å²) < 4.78 is 7.28. The Hall–Kier alpha value is -3.23. The topological polar surface area (TPSA) is 102 Å². The van der Waals surface area contributed by atoms with Crippen molar-refractivity contribution in [2.75, 3.05) is 45.6 Å². The van der Waals surface area contributed by atoms with Gasteiger partial charge in [0.2, 0.25) is 0 Å². The Morgan fingerprint density at radius 3 is 2.57 bits per heavy atom. The summed E-state index contributed by atoms with van der Waals surface area (Å²) in [5, 5.41) is 7.42. The molecule has 198 valence electrons. The van der Waals surface area contributed by atoms with Gasteiger partial charge in [-0.05, 0) is 63.4 Å². The summed E-state index contributed by atoms with van der Waals surface area (Å²) in [6.45, 7) is 4.34. The molecule has 1 fully saturated rings. The number of nitrogens with one attached hydrogen (secondary N) is 2. The molecule has 2 aromatic carbocycles. The molecule has 0 spiro atoms. The molecule has 1 saturated heterocycles. The van der Waals surface area contributed by atoms with E-state index in [0.717, 1.165) is 61.8 Å². The van der Waals surface area contributed by atoms with Crippen LogP contribution < -0.4 is 21.1 Å². The molecular weight excluding hydrogens is 490 g/mol. The zero-order valence-corrected chi connectivity index (χ0v) is 22.3. The lowest BCUT2D eigenvalue weighted by Gasteiger charge is -2.32. The van der Waals surface area contributed by atoms with Gasteiger partial charge in [0.1, 0.15) is 5.75 Å². The second-order valence-corrected chi connectivity index (χ2v) is 10.1. The number of rotatable bonds is 10. The molecule has 2 heterocycles. The zero-order valence-electron chi connectivity index (χ0n) is 21.6. The van der Waals surface area contributed by atoms with E-state index >= 15 is 0 Å². The molecule has 0 aliphatic carbocycles. The summed E-state index contributed by atoms with van der Waals surface area (Å²) in [7, 11) is 3.47. The summed E-state index contributed by atoms with van der Waals surface area (Å²) in [6, 6.07) is 11.1. The molecule has 9 heteroatoms. The van der Waals surface area contributed by atoms with Crippen molar-refractivity contribution in [2.45, 2.75) is 25.7 Å². The number of methoxy groups -OCH3 is 1. The number of aryl methyl sites for hydroxylation is 1. The van der Waals surface area contributed by atoms with E-state index in [4.69, 9.17) is 22.1 Å². The number of hydrogen-bond donors (Lipinski definition) is 3. The number of nitrogens with zero attached hydrogens (tertiary/aromatic N) is 2. The molecule has 0 unspecified atom stereocenters. The first-order chi connectivity index (χ1) is 17.9. The van der Waals surface area contributed by atoms with Crippen LogP contribution in [0.3, 0.4) is 0 Å². The van der Waals surface area contributed by atoms with Crippen LogP contribution in [0.5, 0.6) is 5.75 Å². The molecule has 2 amide bonds. The third kappa shape index (κ3) is 6.56. The molecular formula is C28H36ClN5O3. The second kappa shape index (κ2) is 12.3. The number of ether oxygens (including phenoxy) is 1. The van der Waals surface area contributed by atoms with Gasteiger partial charge in [0.15, 0.2) is 0 Å². The maximum absolute atomic E-state index is 12.7. The average Bonchev–Trinajstić information content (AvgIpc) is 3.25. The number of para-hydroxylation sites is 1. The van der Waals surface area contributed by atoms with Gasteiger partial charge < -0.3 is 30.6 Å². The molecule has 1 aromatic heterocycles. The average molecular weight is 526 g/mol. The Morgan fingerprint density at radius 2 is 1.81 bits per heavy atom. The van der Waals surface area contributed by atoms with Crippen LogP contribution in [0.4, 0.5) is 5.69 Å². The number of anilines is 1. The Labute approximate surface area is 223 Å². The summed E-state index contributed by atoms with van der Waals surface area (Å²) in [5.74, 6) is 0.642. The van der Waals surface area contributed by atoms with Crippen molar-refractivity contribution in [3.8, 4) is 5.75 Å². The van der Waals surface area contributed by atoms with Crippen LogP contribution >= 0.6 is 11.6 Å². The number of aromatic nitrogens is 1. The molecule has 1 aliphatic rings. The van der Waals surface area contributed by atoms with E-state index in [0.29, 0.717) is 41.0 Å². The van der Waals surface area contributed by atoms with Gasteiger partial charge in [-0.25, -0.2) is 0 Å². The molecule has 0 radical (unpaired) electrons. The number of halogens is 1. The van der Waals surface area contributed by atoms with E-state index in [1.165, 1.54) is 7.11 Å². The number of unbranched alkanes of at least 4 members (excludes halogenated alkanes) is 1. The molecule has 4 rings (SSSR count). The summed E-state index contributed by atoms with van der Waals surface area (Å²) in [5.41, 5.74) is 8.38. The molecule has 0 saturated carbocycles. The van der Waals surface area contributed by atoms with Gasteiger partial charge in [0, 0.05) is 43.3 Å². The molecule has 0 atom stereocenters. The van der Waals surface area contributed by atoms with Crippen molar-refractivity contribution in [2.24, 2.45) is 13.0 Å². The third-order valence-corrected chi connectivity index (χ3v) is 7.48. The Bertz CT molecular complexity index is 1250. The fourth-order valence-electron chi connectivity index (χ4n) is 4.94. The summed E-state index contributed by atoms with van der Waals surface area (Å²) >= 11 is 6.09. The fraction of sp³-hybridized carbons (Fsp3) is 0.429. The molecule has 4 N–H and O–H groups in total. The zero-order chi connectivity index (χ0) is 26.4. The van der Waals surface area contributed by atoms with Crippen molar-refractivity contribution in [3.05, 3.63) is 58.7 Å². The number of benzene rings is 2. The number of carbonyl (C=O) groups excluding carboxylic acids is 2. The molecule has 37 heavy (non-hydrogen) atoms. The largest absolute Gasteiger partial charge is 0.496 e. The van der Waals surface area contributed by atoms with Crippen molar-refractivity contribution >= 4 is 40.0 Å². The predicted molar refractivity (Wildman–Crippen MR) is 148 cm³/mol. The normalized spacial score (nSPS) is 14.6. The molecule has 1 aliphatic heterocycles. The minimum absolute atomic E-state index is 0.0153. The summed E-state index contributed by atoms with van der Waals surface area (Å²) in [4.78, 5) is 27.8. The highest BCUT2D eigenvalue weighted by atomic mass is 35.5. The van der Waals surface area contributed by atoms with E-state index in [1.54, 1.807) is 12.1 Å². The maximum Gasteiger partial charge on any atom is 0.255 e. The SMILES string of the molecule is COc1cc(N)c(Cl)cc1C(=O)NCC1CCN(CCCCNC(=O)c2cn(C)c3ccccc23)CC1. The van der Waals surface area contributed by atoms with Crippen LogP contribution in [0, 0.1) is 5.92 Å². The Balaban J connectivity index is 1.13. The van der Waals surface area contributed by atoms with E-state index in [-0.39, 0.29) is 11.8 Å². The van der Waals surface area contributed by atoms with Crippen molar-refractivity contribution in [1.29, 1.82) is 0 Å². The van der Waals surface area contributed by atoms with Crippen LogP contribution in [0.25, 0.3) is 10.9 Å². The highest BCUT2D eigenvalue weighted by molar-refractivity contribution is 6.33. The number of piperidine rings is 1. The lowest BCUT2D eigenvalue weighted by Crippen LogP contribution is -2.39. The van der Waals surface area contributed by atoms with E-state index < -0.39 is 0 Å². The van der Waals surface area contributed by atoms with Crippen LogP contribution in [-0.2, 0) is 7.05 Å².